The number of carbonyl (C=O) groups excluding carboxylic acids is 7. The van der Waals surface area contributed by atoms with Crippen molar-refractivity contribution in [3.63, 3.8) is 0 Å². The molecule has 0 radical (unpaired) electrons. The topological polar surface area (TPSA) is 262 Å². The van der Waals surface area contributed by atoms with E-state index in [1.165, 1.54) is 30.5 Å². The van der Waals surface area contributed by atoms with E-state index >= 15 is 0 Å². The predicted molar refractivity (Wildman–Crippen MR) is 228 cm³/mol. The molecule has 2 atom stereocenters. The molecule has 3 N–H and O–H groups in total. The average Bonchev–Trinajstić information content (AvgIpc) is 4.08. The van der Waals surface area contributed by atoms with Crippen molar-refractivity contribution in [3.8, 4) is 5.75 Å². The first-order valence-electron chi connectivity index (χ1n) is 21.4. The lowest BCUT2D eigenvalue weighted by molar-refractivity contribution is -0.271. The van der Waals surface area contributed by atoms with Gasteiger partial charge in [0, 0.05) is 19.2 Å². The molecule has 0 aliphatic heterocycles. The minimum Gasteiger partial charge on any atom is -0.507 e. The Morgan fingerprint density at radius 2 is 1.16 bits per heavy atom. The fourth-order valence-electron chi connectivity index (χ4n) is 5.03. The highest BCUT2D eigenvalue weighted by molar-refractivity contribution is 6.03. The van der Waals surface area contributed by atoms with Crippen LogP contribution < -0.4 is 11.3 Å². The molecule has 19 nitrogen and oxygen atoms in total. The van der Waals surface area contributed by atoms with Crippen molar-refractivity contribution in [2.24, 2.45) is 17.6 Å². The lowest BCUT2D eigenvalue weighted by Gasteiger charge is -2.25. The monoisotopic (exact) mass is 900 g/mol. The molecule has 360 valence electrons. The van der Waals surface area contributed by atoms with Gasteiger partial charge in [0.05, 0.1) is 33.0 Å². The molecule has 2 unspecified atom stereocenters. The molecule has 2 aliphatic carbocycles. The number of aromatic hydroxyl groups is 1. The Labute approximate surface area is 370 Å². The molecule has 19 heteroatoms. The van der Waals surface area contributed by atoms with Gasteiger partial charge in [-0.25, -0.2) is 9.59 Å². The number of carbonyl (C=O) groups is 7. The molecule has 2 aliphatic rings. The fourth-order valence-corrected chi connectivity index (χ4v) is 5.03. The van der Waals surface area contributed by atoms with Gasteiger partial charge in [-0.2, -0.15) is 0 Å². The summed E-state index contributed by atoms with van der Waals surface area (Å²) >= 11 is 0. The van der Waals surface area contributed by atoms with Crippen molar-refractivity contribution in [1.29, 1.82) is 0 Å². The molecule has 0 saturated heterocycles. The van der Waals surface area contributed by atoms with E-state index in [1.54, 1.807) is 55.4 Å². The third-order valence-corrected chi connectivity index (χ3v) is 7.98. The number of aromatic nitrogens is 1. The fraction of sp³-hybridized carbons (Fsp3) is 0.727. The van der Waals surface area contributed by atoms with Crippen LogP contribution in [0.5, 0.6) is 5.75 Å². The van der Waals surface area contributed by atoms with Gasteiger partial charge in [0.1, 0.15) is 47.4 Å². The summed E-state index contributed by atoms with van der Waals surface area (Å²) in [6.45, 7) is 21.3. The van der Waals surface area contributed by atoms with Crippen LogP contribution in [0.25, 0.3) is 0 Å². The second-order valence-corrected chi connectivity index (χ2v) is 16.4. The van der Waals surface area contributed by atoms with Gasteiger partial charge < -0.3 is 53.3 Å². The summed E-state index contributed by atoms with van der Waals surface area (Å²) in [7, 11) is 0. The summed E-state index contributed by atoms with van der Waals surface area (Å²) in [5.74, 6) is -3.09. The van der Waals surface area contributed by atoms with Crippen molar-refractivity contribution in [1.82, 2.24) is 4.57 Å². The van der Waals surface area contributed by atoms with Crippen molar-refractivity contribution in [2.45, 2.75) is 164 Å². The molecule has 3 rings (SSSR count). The Kier molecular flexibility index (Phi) is 27.2. The van der Waals surface area contributed by atoms with E-state index in [0.29, 0.717) is 31.5 Å². The molecule has 0 amide bonds. The highest BCUT2D eigenvalue weighted by atomic mass is 16.9. The molecule has 0 spiro atoms. The highest BCUT2D eigenvalue weighted by Crippen LogP contribution is 2.38. The summed E-state index contributed by atoms with van der Waals surface area (Å²) in [6, 6.07) is -0.337. The van der Waals surface area contributed by atoms with Gasteiger partial charge in [-0.1, -0.05) is 25.7 Å². The molecule has 0 bridgehead atoms. The van der Waals surface area contributed by atoms with E-state index in [2.05, 4.69) is 14.2 Å². The zero-order chi connectivity index (χ0) is 48.5. The Morgan fingerprint density at radius 3 is 1.56 bits per heavy atom. The first-order valence-corrected chi connectivity index (χ1v) is 21.4. The summed E-state index contributed by atoms with van der Waals surface area (Å²) in [4.78, 5) is 91.3. The van der Waals surface area contributed by atoms with Gasteiger partial charge in [-0.3, -0.25) is 28.8 Å². The van der Waals surface area contributed by atoms with E-state index in [1.807, 2.05) is 20.8 Å². The second kappa shape index (κ2) is 29.5. The van der Waals surface area contributed by atoms with Crippen molar-refractivity contribution >= 4 is 41.6 Å². The van der Waals surface area contributed by atoms with E-state index in [0.717, 1.165) is 25.3 Å². The number of rotatable bonds is 20. The Bertz CT molecular complexity index is 1640. The van der Waals surface area contributed by atoms with Crippen LogP contribution in [0.15, 0.2) is 17.1 Å². The third kappa shape index (κ3) is 28.4. The van der Waals surface area contributed by atoms with E-state index in [9.17, 15) is 43.5 Å². The number of ether oxygens (including phenoxy) is 8. The predicted octanol–water partition coefficient (Wildman–Crippen LogP) is 5.24. The van der Waals surface area contributed by atoms with Gasteiger partial charge in [-0.15, -0.1) is 0 Å². The number of hydrogen-bond acceptors (Lipinski definition) is 18. The van der Waals surface area contributed by atoms with Crippen LogP contribution in [0.1, 0.15) is 151 Å². The van der Waals surface area contributed by atoms with Crippen LogP contribution in [0.4, 0.5) is 0 Å². The average molecular weight is 901 g/mol. The molecular weight excluding hydrogens is 828 g/mol. The summed E-state index contributed by atoms with van der Waals surface area (Å²) in [5, 5.41) is 9.88. The largest absolute Gasteiger partial charge is 0.507 e. The Balaban J connectivity index is 0.000000869. The van der Waals surface area contributed by atoms with Crippen LogP contribution in [-0.2, 0) is 66.7 Å². The van der Waals surface area contributed by atoms with Crippen LogP contribution in [-0.4, -0.2) is 108 Å². The maximum atomic E-state index is 12.6. The van der Waals surface area contributed by atoms with Gasteiger partial charge in [-0.05, 0) is 101 Å². The van der Waals surface area contributed by atoms with Crippen LogP contribution in [0.2, 0.25) is 0 Å². The number of hydrogen-bond donors (Lipinski definition) is 2. The molecule has 2 saturated carbocycles. The van der Waals surface area contributed by atoms with Crippen LogP contribution in [0.3, 0.4) is 0 Å². The van der Waals surface area contributed by atoms with Gasteiger partial charge in [0.15, 0.2) is 5.78 Å². The Hall–Kier alpha value is -4.88. The van der Waals surface area contributed by atoms with Crippen LogP contribution in [0, 0.1) is 11.8 Å². The molecule has 2 fully saturated rings. The van der Waals surface area contributed by atoms with Crippen molar-refractivity contribution in [2.75, 3.05) is 33.0 Å². The molecule has 1 heterocycles. The van der Waals surface area contributed by atoms with Gasteiger partial charge in [0.2, 0.25) is 0 Å². The SMILES string of the molecule is CC(C)(C)OC(=O)C(N)CC1CC1.CCOC(=O)CC(=O)CC(=O)OCC.CCOC(=O)c1cn(C(CC2CC2)C(=O)OC(C)(C)C)c(=O)cc1O.CCOC(OCC)OC(C)=O. The maximum absolute atomic E-state index is 12.6. The number of esters is 6. The standard InChI is InChI=1S/C18H25NO6.C10H19NO2.C9H14O5.C7H14O4/c1-5-24-16(22)12-10-19(15(21)9-14(12)20)13(8-11-6-7-11)17(23)25-18(2,3)4;1-10(2,3)13-9(12)8(11)6-7-4-5-7;1-3-13-8(11)5-7(10)6-9(12)14-4-2;1-4-9-7(10-5-2)11-6(3)8/h9-11,13,20H,5-8H2,1-4H3;7-8H,4-6,11H2,1-3H3;3-6H2,1-2H3;7H,4-5H2,1-3H3. The number of ketones is 1. The second-order valence-electron chi connectivity index (χ2n) is 16.4. The zero-order valence-electron chi connectivity index (χ0n) is 39.2. The third-order valence-electron chi connectivity index (χ3n) is 7.98. The molecule has 1 aromatic rings. The molecule has 1 aromatic heterocycles. The van der Waals surface area contributed by atoms with E-state index in [4.69, 9.17) is 29.4 Å². The zero-order valence-corrected chi connectivity index (χ0v) is 39.2. The van der Waals surface area contributed by atoms with Crippen molar-refractivity contribution < 1.29 is 76.6 Å². The minimum atomic E-state index is -0.845. The van der Waals surface area contributed by atoms with E-state index in [-0.39, 0.29) is 44.2 Å². The molecule has 0 aromatic carbocycles. The number of pyridine rings is 1. The lowest BCUT2D eigenvalue weighted by Crippen LogP contribution is -2.37. The smallest absolute Gasteiger partial charge is 0.343 e. The first-order chi connectivity index (χ1) is 29.3. The summed E-state index contributed by atoms with van der Waals surface area (Å²) in [6.07, 6.45) is 6.13. The van der Waals surface area contributed by atoms with Crippen molar-refractivity contribution in [3.05, 3.63) is 28.2 Å². The molecule has 63 heavy (non-hydrogen) atoms. The minimum absolute atomic E-state index is 0.134. The number of nitrogens with zero attached hydrogens (tertiary/aromatic N) is 1. The normalized spacial score (nSPS) is 14.1. The van der Waals surface area contributed by atoms with E-state index < -0.39 is 76.7 Å². The Morgan fingerprint density at radius 1 is 0.714 bits per heavy atom. The first kappa shape index (κ1) is 58.1. The summed E-state index contributed by atoms with van der Waals surface area (Å²) < 4.78 is 40.2. The number of Topliss-reactive ketones (excluding diaryl/α,β-unsaturated/α-hetero) is 1. The lowest BCUT2D eigenvalue weighted by atomic mass is 10.1. The van der Waals surface area contributed by atoms with Gasteiger partial charge in [0.25, 0.3) is 5.56 Å². The number of nitrogens with two attached hydrogens (primary N) is 1. The quantitative estimate of drug-likeness (QED) is 0.0734. The van der Waals surface area contributed by atoms with Gasteiger partial charge >= 0.3 is 42.3 Å². The summed E-state index contributed by atoms with van der Waals surface area (Å²) in [5.41, 5.74) is 3.87. The highest BCUT2D eigenvalue weighted by Gasteiger charge is 2.35. The molecular formula is C44H72N2O17. The van der Waals surface area contributed by atoms with Crippen LogP contribution >= 0.6 is 0 Å². The maximum Gasteiger partial charge on any atom is 0.343 e.